The molecule has 1 unspecified atom stereocenters. The first-order valence-electron chi connectivity index (χ1n) is 6.52. The van der Waals surface area contributed by atoms with Gasteiger partial charge in [-0.25, -0.2) is 0 Å². The predicted molar refractivity (Wildman–Crippen MR) is 75.1 cm³/mol. The Morgan fingerprint density at radius 1 is 1.16 bits per heavy atom. The summed E-state index contributed by atoms with van der Waals surface area (Å²) in [5.74, 6) is 0.211. The van der Waals surface area contributed by atoms with E-state index in [4.69, 9.17) is 0 Å². The summed E-state index contributed by atoms with van der Waals surface area (Å²) in [6, 6.07) is 8.22. The molecule has 1 aromatic rings. The maximum atomic E-state index is 12.3. The molecular formula is C17H13NO. The summed E-state index contributed by atoms with van der Waals surface area (Å²) in [5.41, 5.74) is 3.35. The fourth-order valence-electron chi connectivity index (χ4n) is 3.06. The van der Waals surface area contributed by atoms with Crippen molar-refractivity contribution in [2.24, 2.45) is 5.92 Å². The van der Waals surface area contributed by atoms with Gasteiger partial charge in [-0.05, 0) is 21.6 Å². The zero-order valence-electron chi connectivity index (χ0n) is 10.4. The molecule has 2 aliphatic carbocycles. The van der Waals surface area contributed by atoms with Crippen molar-refractivity contribution >= 4 is 17.6 Å². The molecule has 1 aliphatic heterocycles. The van der Waals surface area contributed by atoms with Gasteiger partial charge in [-0.1, -0.05) is 48.6 Å². The van der Waals surface area contributed by atoms with Crippen molar-refractivity contribution in [1.29, 1.82) is 0 Å². The van der Waals surface area contributed by atoms with Gasteiger partial charge in [0.2, 0.25) is 0 Å². The van der Waals surface area contributed by atoms with E-state index < -0.39 is 0 Å². The second-order valence-electron chi connectivity index (χ2n) is 5.05. The first kappa shape index (κ1) is 10.6. The Morgan fingerprint density at radius 3 is 3.00 bits per heavy atom. The first-order chi connectivity index (χ1) is 9.34. The van der Waals surface area contributed by atoms with Gasteiger partial charge in [-0.3, -0.25) is 4.79 Å². The maximum Gasteiger partial charge on any atom is 0.148 e. The van der Waals surface area contributed by atoms with Crippen LogP contribution in [0.5, 0.6) is 0 Å². The molecule has 92 valence electrons. The maximum absolute atomic E-state index is 12.3. The highest BCUT2D eigenvalue weighted by molar-refractivity contribution is 5.99. The van der Waals surface area contributed by atoms with Crippen molar-refractivity contribution in [3.05, 3.63) is 70.3 Å². The number of rotatable bonds is 0. The highest BCUT2D eigenvalue weighted by Gasteiger charge is 2.31. The number of carbonyl (C=O) groups excluding carboxylic acids is 1. The van der Waals surface area contributed by atoms with Crippen LogP contribution in [0.25, 0.3) is 11.8 Å². The van der Waals surface area contributed by atoms with E-state index in [1.165, 1.54) is 5.22 Å². The molecular weight excluding hydrogens is 234 g/mol. The molecule has 0 radical (unpaired) electrons. The van der Waals surface area contributed by atoms with E-state index in [1.54, 1.807) is 0 Å². The molecule has 2 heteroatoms. The summed E-state index contributed by atoms with van der Waals surface area (Å²) >= 11 is 0. The number of carbonyl (C=O) groups is 1. The van der Waals surface area contributed by atoms with Crippen molar-refractivity contribution in [2.75, 3.05) is 0 Å². The Hall–Kier alpha value is -2.35. The minimum Gasteiger partial charge on any atom is -0.361 e. The van der Waals surface area contributed by atoms with Crippen molar-refractivity contribution in [3.63, 3.8) is 0 Å². The standard InChI is InChI=1S/C17H13NO/c19-16-9-15-12-6-2-1-5-11(12)10-18-17(15)14-8-4-3-7-13(14)16/h1-8,10,13,18H,9H2. The average molecular weight is 247 g/mol. The van der Waals surface area contributed by atoms with Crippen LogP contribution in [0.2, 0.25) is 0 Å². The van der Waals surface area contributed by atoms with E-state index in [0.29, 0.717) is 6.42 Å². The second kappa shape index (κ2) is 3.82. The molecule has 1 aromatic carbocycles. The predicted octanol–water partition coefficient (Wildman–Crippen LogP) is 1.15. The minimum atomic E-state index is -0.0742. The molecule has 3 aliphatic rings. The fraction of sp³-hybridized carbons (Fsp3) is 0.118. The zero-order valence-corrected chi connectivity index (χ0v) is 10.4. The number of allylic oxidation sites excluding steroid dienone is 6. The van der Waals surface area contributed by atoms with E-state index in [9.17, 15) is 4.79 Å². The molecule has 0 saturated heterocycles. The molecule has 0 bridgehead atoms. The van der Waals surface area contributed by atoms with E-state index >= 15 is 0 Å². The lowest BCUT2D eigenvalue weighted by atomic mass is 9.78. The fourth-order valence-corrected chi connectivity index (χ4v) is 3.06. The number of Topliss-reactive ketones (excluding diaryl/α,β-unsaturated/α-hetero) is 1. The van der Waals surface area contributed by atoms with Crippen molar-refractivity contribution in [2.45, 2.75) is 6.42 Å². The zero-order chi connectivity index (χ0) is 12.8. The van der Waals surface area contributed by atoms with Gasteiger partial charge in [0.05, 0.1) is 5.92 Å². The molecule has 0 aromatic heterocycles. The second-order valence-corrected chi connectivity index (χ2v) is 5.05. The van der Waals surface area contributed by atoms with Crippen LogP contribution in [0, 0.1) is 5.92 Å². The van der Waals surface area contributed by atoms with Gasteiger partial charge in [0.15, 0.2) is 0 Å². The third kappa shape index (κ3) is 1.46. The van der Waals surface area contributed by atoms with Crippen LogP contribution in [-0.2, 0) is 4.79 Å². The van der Waals surface area contributed by atoms with Crippen molar-refractivity contribution in [1.82, 2.24) is 5.32 Å². The Kier molecular flexibility index (Phi) is 2.12. The normalized spacial score (nSPS) is 23.3. The van der Waals surface area contributed by atoms with Crippen LogP contribution in [0.3, 0.4) is 0 Å². The number of nitrogens with one attached hydrogen (secondary N) is 1. The van der Waals surface area contributed by atoms with Crippen LogP contribution in [-0.4, -0.2) is 5.78 Å². The van der Waals surface area contributed by atoms with E-state index in [-0.39, 0.29) is 11.7 Å². The Labute approximate surface area is 111 Å². The topological polar surface area (TPSA) is 29.1 Å². The summed E-state index contributed by atoms with van der Waals surface area (Å²) in [6.45, 7) is 0. The van der Waals surface area contributed by atoms with Crippen molar-refractivity contribution < 1.29 is 4.79 Å². The molecule has 2 nitrogen and oxygen atoms in total. The Morgan fingerprint density at radius 2 is 2.05 bits per heavy atom. The molecule has 0 fully saturated rings. The van der Waals surface area contributed by atoms with Gasteiger partial charge in [-0.2, -0.15) is 0 Å². The first-order valence-corrected chi connectivity index (χ1v) is 6.52. The van der Waals surface area contributed by atoms with Gasteiger partial charge in [-0.15, -0.1) is 0 Å². The average Bonchev–Trinajstić information content (AvgIpc) is 2.47. The lowest BCUT2D eigenvalue weighted by molar-refractivity contribution is -0.119. The van der Waals surface area contributed by atoms with Gasteiger partial charge in [0, 0.05) is 18.3 Å². The van der Waals surface area contributed by atoms with E-state index in [0.717, 1.165) is 22.1 Å². The molecule has 1 heterocycles. The lowest BCUT2D eigenvalue weighted by Crippen LogP contribution is -2.39. The van der Waals surface area contributed by atoms with Gasteiger partial charge < -0.3 is 5.32 Å². The van der Waals surface area contributed by atoms with E-state index in [1.807, 2.05) is 42.6 Å². The minimum absolute atomic E-state index is 0.0742. The lowest BCUT2D eigenvalue weighted by Gasteiger charge is -2.29. The van der Waals surface area contributed by atoms with Crippen LogP contribution in [0.15, 0.2) is 59.8 Å². The SMILES string of the molecule is O=C1CC2=c3ccccc3=CNC2=C2C=CC=CC12. The van der Waals surface area contributed by atoms with Gasteiger partial charge in [0.1, 0.15) is 5.78 Å². The van der Waals surface area contributed by atoms with Crippen LogP contribution < -0.4 is 15.8 Å². The Bertz CT molecular complexity index is 793. The molecule has 4 rings (SSSR count). The Balaban J connectivity index is 2.08. The number of fused-ring (bicyclic) bond motifs is 3. The summed E-state index contributed by atoms with van der Waals surface area (Å²) in [7, 11) is 0. The monoisotopic (exact) mass is 247 g/mol. The summed E-state index contributed by atoms with van der Waals surface area (Å²) in [5, 5.41) is 5.71. The quantitative estimate of drug-likeness (QED) is 0.745. The van der Waals surface area contributed by atoms with Gasteiger partial charge >= 0.3 is 0 Å². The van der Waals surface area contributed by atoms with Gasteiger partial charge in [0.25, 0.3) is 0 Å². The highest BCUT2D eigenvalue weighted by Crippen LogP contribution is 2.34. The third-order valence-electron chi connectivity index (χ3n) is 3.97. The molecule has 0 saturated carbocycles. The van der Waals surface area contributed by atoms with E-state index in [2.05, 4.69) is 17.4 Å². The largest absolute Gasteiger partial charge is 0.361 e. The highest BCUT2D eigenvalue weighted by atomic mass is 16.1. The summed E-state index contributed by atoms with van der Waals surface area (Å²) in [4.78, 5) is 12.3. The number of benzene rings is 1. The van der Waals surface area contributed by atoms with Crippen LogP contribution in [0.4, 0.5) is 0 Å². The molecule has 1 N–H and O–H groups in total. The van der Waals surface area contributed by atoms with Crippen molar-refractivity contribution in [3.8, 4) is 0 Å². The number of hydrogen-bond donors (Lipinski definition) is 1. The van der Waals surface area contributed by atoms with Crippen LogP contribution >= 0.6 is 0 Å². The molecule has 19 heavy (non-hydrogen) atoms. The summed E-state index contributed by atoms with van der Waals surface area (Å²) < 4.78 is 0. The molecule has 1 atom stereocenters. The molecule has 0 amide bonds. The molecule has 0 spiro atoms. The summed E-state index contributed by atoms with van der Waals surface area (Å²) in [6.07, 6.45) is 10.5. The number of ketones is 1. The smallest absolute Gasteiger partial charge is 0.148 e. The van der Waals surface area contributed by atoms with Crippen LogP contribution in [0.1, 0.15) is 6.42 Å². The third-order valence-corrected chi connectivity index (χ3v) is 3.97. The number of hydrogen-bond acceptors (Lipinski definition) is 2.